The first-order valence-corrected chi connectivity index (χ1v) is 8.81. The van der Waals surface area contributed by atoms with Crippen LogP contribution in [0.25, 0.3) is 0 Å². The van der Waals surface area contributed by atoms with Gasteiger partial charge in [-0.2, -0.15) is 5.10 Å². The molecule has 1 heterocycles. The van der Waals surface area contributed by atoms with Crippen LogP contribution in [0.2, 0.25) is 0 Å². The number of benzene rings is 2. The van der Waals surface area contributed by atoms with Crippen LogP contribution in [0, 0.1) is 11.6 Å². The molecule has 2 aromatic carbocycles. The number of hydrogen-bond donors (Lipinski definition) is 3. The highest BCUT2D eigenvalue weighted by Crippen LogP contribution is 2.12. The van der Waals surface area contributed by atoms with Crippen LogP contribution in [0.3, 0.4) is 0 Å². The van der Waals surface area contributed by atoms with Crippen LogP contribution in [0.15, 0.2) is 60.9 Å². The van der Waals surface area contributed by atoms with E-state index in [1.165, 1.54) is 6.07 Å². The van der Waals surface area contributed by atoms with Crippen LogP contribution >= 0.6 is 0 Å². The molecule has 9 heteroatoms. The number of nitrogens with zero attached hydrogens (tertiary/aromatic N) is 2. The van der Waals surface area contributed by atoms with Gasteiger partial charge < -0.3 is 16.0 Å². The monoisotopic (exact) mass is 399 g/mol. The Kier molecular flexibility index (Phi) is 6.51. The van der Waals surface area contributed by atoms with Gasteiger partial charge >= 0.3 is 6.03 Å². The largest absolute Gasteiger partial charge is 0.334 e. The summed E-state index contributed by atoms with van der Waals surface area (Å²) in [6, 6.07) is 12.0. The predicted octanol–water partition coefficient (Wildman–Crippen LogP) is 2.65. The molecule has 0 aliphatic carbocycles. The molecule has 3 aromatic rings. The van der Waals surface area contributed by atoms with E-state index in [-0.39, 0.29) is 18.8 Å². The Morgan fingerprint density at radius 3 is 2.55 bits per heavy atom. The van der Waals surface area contributed by atoms with Gasteiger partial charge in [-0.3, -0.25) is 9.48 Å². The number of nitrogens with one attached hydrogen (secondary N) is 3. The van der Waals surface area contributed by atoms with E-state index in [1.54, 1.807) is 10.9 Å². The number of carbonyl (C=O) groups excluding carboxylic acids is 2. The van der Waals surface area contributed by atoms with E-state index in [2.05, 4.69) is 21.0 Å². The summed E-state index contributed by atoms with van der Waals surface area (Å²) < 4.78 is 27.8. The highest BCUT2D eigenvalue weighted by atomic mass is 19.2. The summed E-state index contributed by atoms with van der Waals surface area (Å²) in [5, 5.41) is 11.6. The average molecular weight is 399 g/mol. The molecule has 150 valence electrons. The van der Waals surface area contributed by atoms with Gasteiger partial charge in [0.1, 0.15) is 0 Å². The van der Waals surface area contributed by atoms with Gasteiger partial charge in [-0.15, -0.1) is 0 Å². The normalized spacial score (nSPS) is 10.4. The molecule has 1 aromatic heterocycles. The standard InChI is InChI=1S/C20H19F2N5O2/c21-17-6-5-16(10-18(17)22)26-19(28)12-24-20(29)23-11-14-3-1-4-15(9-14)13-27-8-2-7-25-27/h1-10H,11-13H2,(H,26,28)(H2,23,24,29). The van der Waals surface area contributed by atoms with E-state index in [1.807, 2.05) is 36.5 Å². The molecule has 3 amide bonds. The molecule has 0 bridgehead atoms. The number of anilines is 1. The molecule has 0 saturated heterocycles. The molecule has 0 radical (unpaired) electrons. The number of rotatable bonds is 7. The van der Waals surface area contributed by atoms with E-state index in [0.29, 0.717) is 6.54 Å². The zero-order valence-electron chi connectivity index (χ0n) is 15.4. The fourth-order valence-electron chi connectivity index (χ4n) is 2.60. The van der Waals surface area contributed by atoms with E-state index in [9.17, 15) is 18.4 Å². The van der Waals surface area contributed by atoms with Gasteiger partial charge in [0.15, 0.2) is 11.6 Å². The molecular formula is C20H19F2N5O2. The molecule has 0 unspecified atom stereocenters. The summed E-state index contributed by atoms with van der Waals surface area (Å²) in [6.45, 7) is 0.588. The fraction of sp³-hybridized carbons (Fsp3) is 0.150. The molecule has 0 atom stereocenters. The summed E-state index contributed by atoms with van der Waals surface area (Å²) in [5.74, 6) is -2.63. The van der Waals surface area contributed by atoms with Crippen LogP contribution in [-0.2, 0) is 17.9 Å². The number of carbonyl (C=O) groups is 2. The summed E-state index contributed by atoms with van der Waals surface area (Å²) in [4.78, 5) is 23.7. The van der Waals surface area contributed by atoms with Gasteiger partial charge in [-0.1, -0.05) is 24.3 Å². The maximum absolute atomic E-state index is 13.1. The molecule has 0 aliphatic heterocycles. The second-order valence-corrected chi connectivity index (χ2v) is 6.24. The summed E-state index contributed by atoms with van der Waals surface area (Å²) >= 11 is 0. The number of halogens is 2. The maximum Gasteiger partial charge on any atom is 0.315 e. The number of amides is 3. The summed E-state index contributed by atoms with van der Waals surface area (Å²) in [5.41, 5.74) is 2.04. The third-order valence-corrected chi connectivity index (χ3v) is 3.96. The zero-order valence-corrected chi connectivity index (χ0v) is 15.4. The third kappa shape index (κ3) is 6.13. The van der Waals surface area contributed by atoms with E-state index in [4.69, 9.17) is 0 Å². The van der Waals surface area contributed by atoms with Crippen molar-refractivity contribution in [3.63, 3.8) is 0 Å². The fourth-order valence-corrected chi connectivity index (χ4v) is 2.60. The number of aromatic nitrogens is 2. The third-order valence-electron chi connectivity index (χ3n) is 3.96. The van der Waals surface area contributed by atoms with Gasteiger partial charge in [0.05, 0.1) is 13.1 Å². The molecule has 3 N–H and O–H groups in total. The van der Waals surface area contributed by atoms with Crippen molar-refractivity contribution in [2.24, 2.45) is 0 Å². The first-order valence-electron chi connectivity index (χ1n) is 8.81. The lowest BCUT2D eigenvalue weighted by Crippen LogP contribution is -2.39. The maximum atomic E-state index is 13.1. The van der Waals surface area contributed by atoms with Crippen LogP contribution in [0.1, 0.15) is 11.1 Å². The lowest BCUT2D eigenvalue weighted by Gasteiger charge is -2.10. The van der Waals surface area contributed by atoms with Crippen molar-refractivity contribution in [1.29, 1.82) is 0 Å². The molecule has 3 rings (SSSR count). The number of urea groups is 1. The predicted molar refractivity (Wildman–Crippen MR) is 103 cm³/mol. The quantitative estimate of drug-likeness (QED) is 0.571. The molecule has 0 saturated carbocycles. The van der Waals surface area contributed by atoms with Crippen LogP contribution in [0.4, 0.5) is 19.3 Å². The highest BCUT2D eigenvalue weighted by molar-refractivity contribution is 5.94. The smallest absolute Gasteiger partial charge is 0.315 e. The number of hydrogen-bond acceptors (Lipinski definition) is 3. The molecule has 7 nitrogen and oxygen atoms in total. The minimum atomic E-state index is -1.07. The van der Waals surface area contributed by atoms with E-state index in [0.717, 1.165) is 23.3 Å². The van der Waals surface area contributed by atoms with Crippen LogP contribution in [-0.4, -0.2) is 28.3 Å². The Labute approximate surface area is 165 Å². The van der Waals surface area contributed by atoms with Gasteiger partial charge in [0.2, 0.25) is 5.91 Å². The Bertz CT molecular complexity index is 992. The SMILES string of the molecule is O=C(CNC(=O)NCc1cccc(Cn2cccn2)c1)Nc1ccc(F)c(F)c1. The lowest BCUT2D eigenvalue weighted by atomic mass is 10.1. The minimum Gasteiger partial charge on any atom is -0.334 e. The highest BCUT2D eigenvalue weighted by Gasteiger charge is 2.08. The van der Waals surface area contributed by atoms with Crippen molar-refractivity contribution in [2.45, 2.75) is 13.1 Å². The minimum absolute atomic E-state index is 0.102. The van der Waals surface area contributed by atoms with Gasteiger partial charge in [0.25, 0.3) is 0 Å². The Balaban J connectivity index is 1.42. The van der Waals surface area contributed by atoms with E-state index >= 15 is 0 Å². The Hall–Kier alpha value is -3.75. The Morgan fingerprint density at radius 2 is 1.79 bits per heavy atom. The topological polar surface area (TPSA) is 88.1 Å². The average Bonchev–Trinajstić information content (AvgIpc) is 3.21. The van der Waals surface area contributed by atoms with Gasteiger partial charge in [0, 0.05) is 30.7 Å². The van der Waals surface area contributed by atoms with Gasteiger partial charge in [-0.25, -0.2) is 13.6 Å². The van der Waals surface area contributed by atoms with Crippen molar-refractivity contribution in [3.8, 4) is 0 Å². The summed E-state index contributed by atoms with van der Waals surface area (Å²) in [7, 11) is 0. The van der Waals surface area contributed by atoms with Gasteiger partial charge in [-0.05, 0) is 29.3 Å². The second-order valence-electron chi connectivity index (χ2n) is 6.24. The molecule has 29 heavy (non-hydrogen) atoms. The molecular weight excluding hydrogens is 380 g/mol. The van der Waals surface area contributed by atoms with Crippen LogP contribution in [0.5, 0.6) is 0 Å². The van der Waals surface area contributed by atoms with Crippen molar-refractivity contribution in [1.82, 2.24) is 20.4 Å². The van der Waals surface area contributed by atoms with Crippen LogP contribution < -0.4 is 16.0 Å². The van der Waals surface area contributed by atoms with Crippen molar-refractivity contribution < 1.29 is 18.4 Å². The first-order chi connectivity index (χ1) is 14.0. The van der Waals surface area contributed by atoms with Crippen molar-refractivity contribution in [2.75, 3.05) is 11.9 Å². The van der Waals surface area contributed by atoms with E-state index < -0.39 is 23.6 Å². The first kappa shape index (κ1) is 20.0. The molecule has 0 spiro atoms. The molecule has 0 fully saturated rings. The van der Waals surface area contributed by atoms with Crippen molar-refractivity contribution >= 4 is 17.6 Å². The Morgan fingerprint density at radius 1 is 0.966 bits per heavy atom. The molecule has 0 aliphatic rings. The summed E-state index contributed by atoms with van der Waals surface area (Å²) in [6.07, 6.45) is 3.57. The van der Waals surface area contributed by atoms with Crippen molar-refractivity contribution in [3.05, 3.63) is 83.7 Å². The lowest BCUT2D eigenvalue weighted by molar-refractivity contribution is -0.115. The second kappa shape index (κ2) is 9.45. The zero-order chi connectivity index (χ0) is 20.6.